The fraction of sp³-hybridized carbons (Fsp3) is 0.900. The molecule has 0 saturated heterocycles. The summed E-state index contributed by atoms with van der Waals surface area (Å²) in [6, 6.07) is 0.0331. The van der Waals surface area contributed by atoms with Gasteiger partial charge in [-0.3, -0.25) is 10.4 Å². The molecule has 0 aromatic heterocycles. The summed E-state index contributed by atoms with van der Waals surface area (Å²) in [6.45, 7) is 6.14. The van der Waals surface area contributed by atoms with E-state index in [-0.39, 0.29) is 12.6 Å². The van der Waals surface area contributed by atoms with Crippen molar-refractivity contribution in [2.45, 2.75) is 32.4 Å². The van der Waals surface area contributed by atoms with E-state index in [1.54, 1.807) is 21.0 Å². The molecule has 114 valence electrons. The zero-order chi connectivity index (χ0) is 15.1. The largest absolute Gasteiger partial charge is 0.383 e. The minimum absolute atomic E-state index is 0.0331. The van der Waals surface area contributed by atoms with Crippen molar-refractivity contribution in [3.05, 3.63) is 0 Å². The van der Waals surface area contributed by atoms with Crippen molar-refractivity contribution < 1.29 is 13.2 Å². The minimum Gasteiger partial charge on any atom is -0.383 e. The molecule has 1 unspecified atom stereocenters. The third-order valence-corrected chi connectivity index (χ3v) is 2.95. The number of sulfonamides is 1. The van der Waals surface area contributed by atoms with E-state index < -0.39 is 15.6 Å². The van der Waals surface area contributed by atoms with Crippen molar-refractivity contribution in [2.24, 2.45) is 10.8 Å². The van der Waals surface area contributed by atoms with Crippen LogP contribution in [0.15, 0.2) is 4.99 Å². The van der Waals surface area contributed by atoms with Crippen LogP contribution in [-0.2, 0) is 14.8 Å². The van der Waals surface area contributed by atoms with Crippen LogP contribution in [-0.4, -0.2) is 52.5 Å². The molecule has 0 radical (unpaired) electrons. The Balaban J connectivity index is 4.55. The molecule has 0 aliphatic carbocycles. The van der Waals surface area contributed by atoms with Crippen LogP contribution in [0.25, 0.3) is 0 Å². The number of hydrogen-bond donors (Lipinski definition) is 4. The zero-order valence-corrected chi connectivity index (χ0v) is 13.0. The van der Waals surface area contributed by atoms with Gasteiger partial charge in [-0.1, -0.05) is 0 Å². The molecule has 0 aromatic carbocycles. The van der Waals surface area contributed by atoms with Crippen LogP contribution in [0.1, 0.15) is 20.8 Å². The Morgan fingerprint density at radius 1 is 1.47 bits per heavy atom. The summed E-state index contributed by atoms with van der Waals surface area (Å²) in [5, 5.41) is 3.01. The summed E-state index contributed by atoms with van der Waals surface area (Å²) in [6.07, 6.45) is 1.11. The summed E-state index contributed by atoms with van der Waals surface area (Å²) in [5.74, 6) is 5.73. The van der Waals surface area contributed by atoms with Gasteiger partial charge in [-0.2, -0.15) is 0 Å². The number of hydrogen-bond acceptors (Lipinski definition) is 5. The van der Waals surface area contributed by atoms with Gasteiger partial charge in [0, 0.05) is 18.7 Å². The normalized spacial score (nSPS) is 15.2. The highest BCUT2D eigenvalue weighted by Gasteiger charge is 2.21. The minimum atomic E-state index is -3.28. The van der Waals surface area contributed by atoms with Crippen LogP contribution >= 0.6 is 0 Å². The van der Waals surface area contributed by atoms with Crippen LogP contribution in [0.3, 0.4) is 0 Å². The molecule has 0 rings (SSSR count). The molecular weight excluding hydrogens is 270 g/mol. The van der Waals surface area contributed by atoms with Crippen LogP contribution in [0.4, 0.5) is 0 Å². The summed E-state index contributed by atoms with van der Waals surface area (Å²) < 4.78 is 29.9. The summed E-state index contributed by atoms with van der Waals surface area (Å²) in [4.78, 5) is 4.21. The highest BCUT2D eigenvalue weighted by Crippen LogP contribution is 2.04. The van der Waals surface area contributed by atoms with Crippen LogP contribution < -0.4 is 21.3 Å². The van der Waals surface area contributed by atoms with Crippen molar-refractivity contribution in [1.29, 1.82) is 0 Å². The number of aliphatic imine (C=N–C) groups is 1. The van der Waals surface area contributed by atoms with Crippen molar-refractivity contribution in [3.63, 3.8) is 0 Å². The Morgan fingerprint density at radius 3 is 2.47 bits per heavy atom. The Kier molecular flexibility index (Phi) is 7.27. The number of guanidine groups is 1. The predicted octanol–water partition coefficient (Wildman–Crippen LogP) is -1.24. The van der Waals surface area contributed by atoms with Gasteiger partial charge in [0.2, 0.25) is 16.0 Å². The molecule has 5 N–H and O–H groups in total. The third-order valence-electron chi connectivity index (χ3n) is 2.03. The van der Waals surface area contributed by atoms with Crippen LogP contribution in [0.2, 0.25) is 0 Å². The molecule has 0 bridgehead atoms. The number of nitrogens with zero attached hydrogens (tertiary/aromatic N) is 1. The van der Waals surface area contributed by atoms with Gasteiger partial charge in [0.15, 0.2) is 0 Å². The standard InChI is InChI=1S/C10H25N5O3S/c1-8(6-18-4)13-9(14-11)12-7-10(2,3)15-19(5,16)17/h8,15H,6-7,11H2,1-5H3,(H2,12,13,14). The van der Waals surface area contributed by atoms with E-state index in [1.807, 2.05) is 6.92 Å². The first-order chi connectivity index (χ1) is 8.59. The monoisotopic (exact) mass is 295 g/mol. The van der Waals surface area contributed by atoms with Crippen LogP contribution in [0.5, 0.6) is 0 Å². The van der Waals surface area contributed by atoms with E-state index in [2.05, 4.69) is 20.5 Å². The zero-order valence-electron chi connectivity index (χ0n) is 12.1. The first-order valence-corrected chi connectivity index (χ1v) is 7.74. The Morgan fingerprint density at radius 2 is 2.05 bits per heavy atom. The molecule has 0 aliphatic heterocycles. The lowest BCUT2D eigenvalue weighted by Gasteiger charge is -2.23. The second-order valence-corrected chi connectivity index (χ2v) is 6.82. The number of methoxy groups -OCH3 is 1. The van der Waals surface area contributed by atoms with E-state index in [4.69, 9.17) is 10.6 Å². The SMILES string of the molecule is COCC(C)NC(=NCC(C)(C)NS(C)(=O)=O)NN. The first kappa shape index (κ1) is 18.1. The molecule has 0 aromatic rings. The molecule has 9 heteroatoms. The summed E-state index contributed by atoms with van der Waals surface area (Å²) in [7, 11) is -1.68. The summed E-state index contributed by atoms with van der Waals surface area (Å²) in [5.41, 5.74) is 1.74. The highest BCUT2D eigenvalue weighted by molar-refractivity contribution is 7.88. The average Bonchev–Trinajstić information content (AvgIpc) is 2.21. The second kappa shape index (κ2) is 7.63. The maximum atomic E-state index is 11.2. The van der Waals surface area contributed by atoms with Gasteiger partial charge >= 0.3 is 0 Å². The van der Waals surface area contributed by atoms with Crippen molar-refractivity contribution in [2.75, 3.05) is 26.5 Å². The lowest BCUT2D eigenvalue weighted by atomic mass is 10.1. The predicted molar refractivity (Wildman–Crippen MR) is 76.2 cm³/mol. The summed E-state index contributed by atoms with van der Waals surface area (Å²) >= 11 is 0. The van der Waals surface area contributed by atoms with Gasteiger partial charge in [0.25, 0.3) is 0 Å². The average molecular weight is 295 g/mol. The maximum Gasteiger partial charge on any atom is 0.209 e. The molecule has 8 nitrogen and oxygen atoms in total. The van der Waals surface area contributed by atoms with Gasteiger partial charge in [-0.25, -0.2) is 19.0 Å². The molecule has 0 saturated carbocycles. The van der Waals surface area contributed by atoms with Gasteiger partial charge in [-0.15, -0.1) is 0 Å². The van der Waals surface area contributed by atoms with E-state index in [0.29, 0.717) is 12.6 Å². The quantitative estimate of drug-likeness (QED) is 0.202. The van der Waals surface area contributed by atoms with Gasteiger partial charge < -0.3 is 10.1 Å². The molecule has 0 fully saturated rings. The Bertz CT molecular complexity index is 394. The molecule has 0 aliphatic rings. The van der Waals surface area contributed by atoms with E-state index in [0.717, 1.165) is 6.26 Å². The van der Waals surface area contributed by atoms with Gasteiger partial charge in [0.1, 0.15) is 0 Å². The first-order valence-electron chi connectivity index (χ1n) is 5.85. The Hall–Kier alpha value is -0.900. The fourth-order valence-corrected chi connectivity index (χ4v) is 2.54. The Labute approximate surface area is 115 Å². The maximum absolute atomic E-state index is 11.2. The number of ether oxygens (including phenoxy) is 1. The number of hydrazine groups is 1. The molecule has 0 spiro atoms. The van der Waals surface area contributed by atoms with E-state index >= 15 is 0 Å². The highest BCUT2D eigenvalue weighted by atomic mass is 32.2. The van der Waals surface area contributed by atoms with Gasteiger partial charge in [-0.05, 0) is 20.8 Å². The second-order valence-electron chi connectivity index (χ2n) is 5.07. The van der Waals surface area contributed by atoms with Crippen molar-refractivity contribution >= 4 is 16.0 Å². The van der Waals surface area contributed by atoms with Crippen LogP contribution in [0, 0.1) is 0 Å². The molecule has 1 atom stereocenters. The number of nitrogens with two attached hydrogens (primary N) is 1. The van der Waals surface area contributed by atoms with E-state index in [1.165, 1.54) is 0 Å². The lowest BCUT2D eigenvalue weighted by molar-refractivity contribution is 0.179. The molecule has 0 amide bonds. The van der Waals surface area contributed by atoms with Gasteiger partial charge in [0.05, 0.1) is 19.4 Å². The smallest absolute Gasteiger partial charge is 0.209 e. The fourth-order valence-electron chi connectivity index (χ4n) is 1.47. The third kappa shape index (κ3) is 9.65. The van der Waals surface area contributed by atoms with Crippen molar-refractivity contribution in [3.8, 4) is 0 Å². The number of rotatable bonds is 7. The number of nitrogens with one attached hydrogen (secondary N) is 3. The molecular formula is C10H25N5O3S. The van der Waals surface area contributed by atoms with E-state index in [9.17, 15) is 8.42 Å². The van der Waals surface area contributed by atoms with Crippen molar-refractivity contribution in [1.82, 2.24) is 15.5 Å². The molecule has 19 heavy (non-hydrogen) atoms. The molecule has 0 heterocycles. The topological polar surface area (TPSA) is 118 Å². The lowest BCUT2D eigenvalue weighted by Crippen LogP contribution is -2.49.